The minimum atomic E-state index is -0.650. The first kappa shape index (κ1) is 24.8. The predicted octanol–water partition coefficient (Wildman–Crippen LogP) is 3.32. The number of benzene rings is 2. The Morgan fingerprint density at radius 3 is 2.88 bits per heavy atom. The topological polar surface area (TPSA) is 95.9 Å². The molecule has 0 spiro atoms. The summed E-state index contributed by atoms with van der Waals surface area (Å²) in [6.45, 7) is 5.76. The number of nitrogens with one attached hydrogen (secondary N) is 1. The van der Waals surface area contributed by atoms with Gasteiger partial charge in [-0.15, -0.1) is 6.42 Å². The van der Waals surface area contributed by atoms with E-state index in [1.165, 1.54) is 18.9 Å². The van der Waals surface area contributed by atoms with Crippen LogP contribution in [-0.2, 0) is 0 Å². The van der Waals surface area contributed by atoms with Crippen molar-refractivity contribution in [3.63, 3.8) is 0 Å². The van der Waals surface area contributed by atoms with Gasteiger partial charge in [-0.2, -0.15) is 9.97 Å². The van der Waals surface area contributed by atoms with Crippen LogP contribution in [0.3, 0.4) is 0 Å². The zero-order chi connectivity index (χ0) is 27.2. The third-order valence-electron chi connectivity index (χ3n) is 7.96. The summed E-state index contributed by atoms with van der Waals surface area (Å²) in [5.41, 5.74) is 0.994. The van der Waals surface area contributed by atoms with Gasteiger partial charge in [0.05, 0.1) is 6.04 Å². The number of pyridine rings is 1. The van der Waals surface area contributed by atoms with Crippen LogP contribution in [0.1, 0.15) is 18.4 Å². The molecule has 1 atom stereocenters. The summed E-state index contributed by atoms with van der Waals surface area (Å²) in [5.74, 6) is 2.80. The van der Waals surface area contributed by atoms with Gasteiger partial charge in [-0.1, -0.05) is 18.1 Å². The van der Waals surface area contributed by atoms with E-state index in [0.717, 1.165) is 26.2 Å². The standard InChI is InChI=1S/C30H29FN6O3/c1-2-18-6-5-7-19-14-21(38)15-22(23(18)19)26-25(31)27-24-28(35-30(34-27)39-13-12-36-9-3-4-10-36)37-11-8-32-16-20(37)17-40-29(24)33-26/h1,5-7,14-15,20,32,38H,3-4,8-13,16-17H2. The normalized spacial score (nSPS) is 18.8. The van der Waals surface area contributed by atoms with Gasteiger partial charge in [-0.25, -0.2) is 9.37 Å². The Hall–Kier alpha value is -4.20. The molecule has 0 radical (unpaired) electrons. The fourth-order valence-electron chi connectivity index (χ4n) is 6.01. The van der Waals surface area contributed by atoms with Crippen LogP contribution in [0.15, 0.2) is 30.3 Å². The van der Waals surface area contributed by atoms with E-state index in [0.29, 0.717) is 59.4 Å². The van der Waals surface area contributed by atoms with Crippen LogP contribution in [0.5, 0.6) is 17.6 Å². The molecule has 40 heavy (non-hydrogen) atoms. The molecule has 2 aromatic heterocycles. The van der Waals surface area contributed by atoms with Crippen LogP contribution >= 0.6 is 0 Å². The number of aromatic hydroxyl groups is 1. The number of rotatable bonds is 5. The molecule has 204 valence electrons. The summed E-state index contributed by atoms with van der Waals surface area (Å²) >= 11 is 0. The molecular formula is C30H29FN6O3. The Morgan fingerprint density at radius 1 is 1.15 bits per heavy atom. The fraction of sp³-hybridized carbons (Fsp3) is 0.367. The number of ether oxygens (including phenoxy) is 2. The van der Waals surface area contributed by atoms with Crippen LogP contribution in [0, 0.1) is 18.2 Å². The second-order valence-corrected chi connectivity index (χ2v) is 10.4. The molecule has 5 heterocycles. The van der Waals surface area contributed by atoms with Crippen molar-refractivity contribution < 1.29 is 19.0 Å². The Labute approximate surface area is 230 Å². The highest BCUT2D eigenvalue weighted by Crippen LogP contribution is 2.42. The van der Waals surface area contributed by atoms with Crippen molar-refractivity contribution in [1.82, 2.24) is 25.2 Å². The zero-order valence-electron chi connectivity index (χ0n) is 22.0. The van der Waals surface area contributed by atoms with Gasteiger partial charge in [-0.3, -0.25) is 4.90 Å². The molecular weight excluding hydrogens is 511 g/mol. The quantitative estimate of drug-likeness (QED) is 0.370. The second kappa shape index (κ2) is 10.1. The van der Waals surface area contributed by atoms with Crippen molar-refractivity contribution in [2.24, 2.45) is 0 Å². The lowest BCUT2D eigenvalue weighted by Gasteiger charge is -2.35. The van der Waals surface area contributed by atoms with Gasteiger partial charge in [0.2, 0.25) is 5.88 Å². The molecule has 0 bridgehead atoms. The van der Waals surface area contributed by atoms with Crippen molar-refractivity contribution in [3.05, 3.63) is 41.7 Å². The second-order valence-electron chi connectivity index (χ2n) is 10.4. The molecule has 3 aliphatic heterocycles. The lowest BCUT2D eigenvalue weighted by atomic mass is 9.96. The Bertz CT molecular complexity index is 1670. The first-order chi connectivity index (χ1) is 19.6. The van der Waals surface area contributed by atoms with E-state index >= 15 is 4.39 Å². The van der Waals surface area contributed by atoms with E-state index in [1.807, 2.05) is 6.07 Å². The van der Waals surface area contributed by atoms with Crippen LogP contribution in [0.25, 0.3) is 32.9 Å². The molecule has 7 rings (SSSR count). The molecule has 2 aromatic carbocycles. The molecule has 1 unspecified atom stereocenters. The van der Waals surface area contributed by atoms with E-state index in [4.69, 9.17) is 20.9 Å². The van der Waals surface area contributed by atoms with E-state index in [9.17, 15) is 5.11 Å². The summed E-state index contributed by atoms with van der Waals surface area (Å²) in [7, 11) is 0. The van der Waals surface area contributed by atoms with Crippen molar-refractivity contribution in [2.45, 2.75) is 18.9 Å². The number of phenols is 1. The highest BCUT2D eigenvalue weighted by molar-refractivity contribution is 6.04. The van der Waals surface area contributed by atoms with Crippen molar-refractivity contribution in [1.29, 1.82) is 0 Å². The summed E-state index contributed by atoms with van der Waals surface area (Å²) in [5, 5.41) is 15.6. The maximum absolute atomic E-state index is 16.6. The highest BCUT2D eigenvalue weighted by Gasteiger charge is 2.34. The van der Waals surface area contributed by atoms with Gasteiger partial charge in [0.25, 0.3) is 0 Å². The number of piperazine rings is 1. The first-order valence-electron chi connectivity index (χ1n) is 13.7. The molecule has 0 aliphatic carbocycles. The number of aromatic nitrogens is 3. The number of hydrogen-bond donors (Lipinski definition) is 2. The molecule has 10 heteroatoms. The number of terminal acetylenes is 1. The summed E-state index contributed by atoms with van der Waals surface area (Å²) in [6, 6.07) is 8.59. The van der Waals surface area contributed by atoms with Gasteiger partial charge in [0, 0.05) is 42.7 Å². The minimum absolute atomic E-state index is 0.00300. The number of phenolic OH excluding ortho intramolecular Hbond substituents is 1. The zero-order valence-corrected chi connectivity index (χ0v) is 22.0. The summed E-state index contributed by atoms with van der Waals surface area (Å²) in [6.07, 6.45) is 8.19. The largest absolute Gasteiger partial charge is 0.508 e. The molecule has 0 amide bonds. The molecule has 2 N–H and O–H groups in total. The first-order valence-corrected chi connectivity index (χ1v) is 13.7. The van der Waals surface area contributed by atoms with E-state index in [-0.39, 0.29) is 34.9 Å². The molecule has 2 fully saturated rings. The average molecular weight is 541 g/mol. The Balaban J connectivity index is 1.42. The van der Waals surface area contributed by atoms with Crippen molar-refractivity contribution >= 4 is 27.5 Å². The van der Waals surface area contributed by atoms with Gasteiger partial charge < -0.3 is 24.8 Å². The SMILES string of the molecule is C#Cc1cccc2cc(O)cc(-c3nc4c5c(nc(OCCN6CCCC6)nc5c3F)N3CCNCC3CO4)c12. The maximum Gasteiger partial charge on any atom is 0.319 e. The number of likely N-dealkylation sites (tertiary alicyclic amines) is 1. The molecule has 3 aliphatic rings. The van der Waals surface area contributed by atoms with Crippen LogP contribution < -0.4 is 19.7 Å². The molecule has 4 aromatic rings. The Kier molecular flexibility index (Phi) is 6.25. The van der Waals surface area contributed by atoms with Gasteiger partial charge in [0.1, 0.15) is 41.4 Å². The minimum Gasteiger partial charge on any atom is -0.508 e. The van der Waals surface area contributed by atoms with E-state index in [1.54, 1.807) is 18.2 Å². The lowest BCUT2D eigenvalue weighted by molar-refractivity contribution is 0.226. The fourth-order valence-corrected chi connectivity index (χ4v) is 6.01. The van der Waals surface area contributed by atoms with Crippen LogP contribution in [0.4, 0.5) is 10.2 Å². The van der Waals surface area contributed by atoms with Gasteiger partial charge in [-0.05, 0) is 49.5 Å². The summed E-state index contributed by atoms with van der Waals surface area (Å²) < 4.78 is 28.9. The smallest absolute Gasteiger partial charge is 0.319 e. The number of nitrogens with zero attached hydrogens (tertiary/aromatic N) is 5. The van der Waals surface area contributed by atoms with E-state index in [2.05, 4.69) is 31.0 Å². The van der Waals surface area contributed by atoms with Gasteiger partial charge in [0.15, 0.2) is 5.82 Å². The predicted molar refractivity (Wildman–Crippen MR) is 151 cm³/mol. The maximum atomic E-state index is 16.6. The molecule has 0 saturated carbocycles. The monoisotopic (exact) mass is 540 g/mol. The number of anilines is 1. The summed E-state index contributed by atoms with van der Waals surface area (Å²) in [4.78, 5) is 18.5. The van der Waals surface area contributed by atoms with Crippen molar-refractivity contribution in [2.75, 3.05) is 57.4 Å². The van der Waals surface area contributed by atoms with Gasteiger partial charge >= 0.3 is 6.01 Å². The number of halogens is 1. The third kappa shape index (κ3) is 4.22. The molecule has 2 saturated heterocycles. The molecule has 9 nitrogen and oxygen atoms in total. The highest BCUT2D eigenvalue weighted by atomic mass is 19.1. The van der Waals surface area contributed by atoms with Crippen molar-refractivity contribution in [3.8, 4) is 41.2 Å². The lowest BCUT2D eigenvalue weighted by Crippen LogP contribution is -2.53. The van der Waals surface area contributed by atoms with Crippen LogP contribution in [-0.4, -0.2) is 83.5 Å². The number of fused-ring (bicyclic) bond motifs is 3. The number of hydrogen-bond acceptors (Lipinski definition) is 9. The van der Waals surface area contributed by atoms with Crippen LogP contribution in [0.2, 0.25) is 0 Å². The third-order valence-corrected chi connectivity index (χ3v) is 7.96. The average Bonchev–Trinajstić information content (AvgIpc) is 3.44. The Morgan fingerprint density at radius 2 is 2.02 bits per heavy atom. The van der Waals surface area contributed by atoms with E-state index < -0.39 is 5.82 Å².